The van der Waals surface area contributed by atoms with E-state index in [-0.39, 0.29) is 5.91 Å². The van der Waals surface area contributed by atoms with Gasteiger partial charge in [-0.1, -0.05) is 0 Å². The van der Waals surface area contributed by atoms with E-state index in [1.165, 1.54) is 6.42 Å². The molecule has 1 amide bonds. The SMILES string of the molecule is O=C(C1=NC(Nc2nc3c(Br)c(Br)c(Br)c(Br)c3[nH]2)=NC1)N1CCCCC1. The number of hydrogen-bond acceptors (Lipinski definition) is 5. The molecule has 142 valence electrons. The minimum absolute atomic E-state index is 0.0155. The molecule has 2 aliphatic heterocycles. The molecule has 3 heterocycles. The number of likely N-dealkylation sites (tertiary alicyclic amines) is 1. The fraction of sp³-hybridized carbons (Fsp3) is 0.375. The molecular weight excluding hydrogens is 612 g/mol. The highest BCUT2D eigenvalue weighted by Gasteiger charge is 2.25. The number of nitrogens with zero attached hydrogens (tertiary/aromatic N) is 4. The number of amides is 1. The van der Waals surface area contributed by atoms with Crippen molar-refractivity contribution in [2.45, 2.75) is 19.3 Å². The van der Waals surface area contributed by atoms with Crippen molar-refractivity contribution in [1.29, 1.82) is 0 Å². The molecule has 2 aromatic rings. The number of nitrogens with one attached hydrogen (secondary N) is 2. The van der Waals surface area contributed by atoms with E-state index in [4.69, 9.17) is 0 Å². The predicted molar refractivity (Wildman–Crippen MR) is 121 cm³/mol. The van der Waals surface area contributed by atoms with Crippen LogP contribution < -0.4 is 5.32 Å². The molecule has 0 saturated carbocycles. The number of fused-ring (bicyclic) bond motifs is 1. The Morgan fingerprint density at radius 1 is 1.00 bits per heavy atom. The van der Waals surface area contributed by atoms with Gasteiger partial charge in [0.25, 0.3) is 5.91 Å². The Balaban J connectivity index is 1.54. The number of carbonyl (C=O) groups excluding carboxylic acids is 1. The predicted octanol–water partition coefficient (Wildman–Crippen LogP) is 4.85. The Morgan fingerprint density at radius 3 is 2.44 bits per heavy atom. The summed E-state index contributed by atoms with van der Waals surface area (Å²) in [5, 5.41) is 3.06. The van der Waals surface area contributed by atoms with E-state index in [0.29, 0.717) is 24.2 Å². The molecule has 1 aromatic heterocycles. The first-order valence-corrected chi connectivity index (χ1v) is 11.5. The number of imidazole rings is 1. The van der Waals surface area contributed by atoms with Gasteiger partial charge in [-0.2, -0.15) is 0 Å². The van der Waals surface area contributed by atoms with Gasteiger partial charge in [-0.05, 0) is 83.0 Å². The lowest BCUT2D eigenvalue weighted by atomic mass is 10.1. The summed E-state index contributed by atoms with van der Waals surface area (Å²) in [7, 11) is 0. The zero-order chi connectivity index (χ0) is 19.1. The zero-order valence-corrected chi connectivity index (χ0v) is 20.3. The maximum atomic E-state index is 12.6. The average Bonchev–Trinajstić information content (AvgIpc) is 3.32. The minimum atomic E-state index is -0.0155. The third-order valence-corrected chi connectivity index (χ3v) is 9.20. The van der Waals surface area contributed by atoms with Gasteiger partial charge in [0.15, 0.2) is 0 Å². The van der Waals surface area contributed by atoms with Gasteiger partial charge < -0.3 is 9.88 Å². The molecule has 0 atom stereocenters. The smallest absolute Gasteiger partial charge is 0.270 e. The molecule has 2 aliphatic rings. The van der Waals surface area contributed by atoms with Gasteiger partial charge in [0.1, 0.15) is 11.2 Å². The van der Waals surface area contributed by atoms with E-state index in [1.54, 1.807) is 0 Å². The van der Waals surface area contributed by atoms with Crippen molar-refractivity contribution in [2.75, 3.05) is 25.0 Å². The number of carbonyl (C=O) groups is 1. The molecule has 0 aliphatic carbocycles. The lowest BCUT2D eigenvalue weighted by Gasteiger charge is -2.26. The number of aromatic nitrogens is 2. The number of guanidine groups is 1. The number of hydrogen-bond donors (Lipinski definition) is 2. The van der Waals surface area contributed by atoms with Crippen molar-refractivity contribution in [1.82, 2.24) is 14.9 Å². The fourth-order valence-corrected chi connectivity index (χ4v) is 5.36. The first kappa shape index (κ1) is 19.5. The number of aliphatic imine (C=N–C) groups is 2. The van der Waals surface area contributed by atoms with Gasteiger partial charge in [0.2, 0.25) is 11.9 Å². The Morgan fingerprint density at radius 2 is 1.70 bits per heavy atom. The molecular formula is C16H14Br4N6O. The molecule has 7 nitrogen and oxygen atoms in total. The third kappa shape index (κ3) is 3.75. The van der Waals surface area contributed by atoms with Crippen LogP contribution in [-0.4, -0.2) is 52.1 Å². The number of halogens is 4. The largest absolute Gasteiger partial charge is 0.338 e. The average molecular weight is 626 g/mol. The van der Waals surface area contributed by atoms with Crippen molar-refractivity contribution in [3.63, 3.8) is 0 Å². The van der Waals surface area contributed by atoms with E-state index < -0.39 is 0 Å². The summed E-state index contributed by atoms with van der Waals surface area (Å²) in [6.45, 7) is 1.90. The van der Waals surface area contributed by atoms with Crippen LogP contribution in [0.25, 0.3) is 11.0 Å². The Hall–Kier alpha value is -0.780. The molecule has 27 heavy (non-hydrogen) atoms. The summed E-state index contributed by atoms with van der Waals surface area (Å²) >= 11 is 14.2. The van der Waals surface area contributed by atoms with Crippen LogP contribution in [0, 0.1) is 0 Å². The van der Waals surface area contributed by atoms with Crippen molar-refractivity contribution in [3.8, 4) is 0 Å². The first-order valence-electron chi connectivity index (χ1n) is 8.35. The number of piperidine rings is 1. The summed E-state index contributed by atoms with van der Waals surface area (Å²) in [6.07, 6.45) is 3.29. The zero-order valence-electron chi connectivity index (χ0n) is 14.0. The summed E-state index contributed by atoms with van der Waals surface area (Å²) in [4.78, 5) is 30.9. The van der Waals surface area contributed by atoms with Gasteiger partial charge in [0.05, 0.1) is 21.0 Å². The van der Waals surface area contributed by atoms with E-state index >= 15 is 0 Å². The lowest BCUT2D eigenvalue weighted by Crippen LogP contribution is -2.40. The van der Waals surface area contributed by atoms with Crippen LogP contribution in [0.1, 0.15) is 19.3 Å². The minimum Gasteiger partial charge on any atom is -0.338 e. The molecule has 4 rings (SSSR count). The Labute approximate surface area is 189 Å². The Kier molecular flexibility index (Phi) is 5.73. The summed E-state index contributed by atoms with van der Waals surface area (Å²) in [5.74, 6) is 0.878. The summed E-state index contributed by atoms with van der Waals surface area (Å²) < 4.78 is 3.42. The van der Waals surface area contributed by atoms with Gasteiger partial charge in [-0.25, -0.2) is 15.0 Å². The fourth-order valence-electron chi connectivity index (χ4n) is 3.07. The number of H-pyrrole nitrogens is 1. The van der Waals surface area contributed by atoms with Crippen molar-refractivity contribution >= 4 is 98.3 Å². The Bertz CT molecular complexity index is 948. The molecule has 0 bridgehead atoms. The van der Waals surface area contributed by atoms with Crippen LogP contribution >= 0.6 is 63.7 Å². The quantitative estimate of drug-likeness (QED) is 0.370. The van der Waals surface area contributed by atoms with E-state index in [0.717, 1.165) is 54.9 Å². The molecule has 1 aromatic carbocycles. The second kappa shape index (κ2) is 7.92. The number of benzene rings is 1. The molecule has 1 fully saturated rings. The lowest BCUT2D eigenvalue weighted by molar-refractivity contribution is -0.124. The maximum Gasteiger partial charge on any atom is 0.270 e. The first-order chi connectivity index (χ1) is 13.0. The highest BCUT2D eigenvalue weighted by molar-refractivity contribution is 9.15. The van der Waals surface area contributed by atoms with E-state index in [9.17, 15) is 4.79 Å². The number of rotatable bonds is 2. The molecule has 0 unspecified atom stereocenters. The van der Waals surface area contributed by atoms with Crippen LogP contribution in [0.3, 0.4) is 0 Å². The van der Waals surface area contributed by atoms with Crippen LogP contribution in [0.5, 0.6) is 0 Å². The molecule has 0 spiro atoms. The van der Waals surface area contributed by atoms with Crippen LogP contribution in [0.4, 0.5) is 5.95 Å². The topological polar surface area (TPSA) is 85.7 Å². The van der Waals surface area contributed by atoms with Crippen LogP contribution in [-0.2, 0) is 4.79 Å². The number of aromatic amines is 1. The summed E-state index contributed by atoms with van der Waals surface area (Å²) in [6, 6.07) is 0. The molecule has 0 radical (unpaired) electrons. The van der Waals surface area contributed by atoms with Gasteiger partial charge in [0, 0.05) is 22.0 Å². The monoisotopic (exact) mass is 622 g/mol. The normalized spacial score (nSPS) is 17.3. The summed E-state index contributed by atoms with van der Waals surface area (Å²) in [5.41, 5.74) is 2.06. The van der Waals surface area contributed by atoms with Crippen molar-refractivity contribution in [3.05, 3.63) is 17.9 Å². The molecule has 11 heteroatoms. The number of anilines is 1. The third-order valence-electron chi connectivity index (χ3n) is 4.45. The second-order valence-corrected chi connectivity index (χ2v) is 9.41. The molecule has 2 N–H and O–H groups in total. The van der Waals surface area contributed by atoms with E-state index in [1.807, 2.05) is 4.90 Å². The van der Waals surface area contributed by atoms with Crippen molar-refractivity contribution in [2.24, 2.45) is 9.98 Å². The van der Waals surface area contributed by atoms with Gasteiger partial charge in [-0.15, -0.1) is 0 Å². The van der Waals surface area contributed by atoms with Crippen molar-refractivity contribution < 1.29 is 4.79 Å². The van der Waals surface area contributed by atoms with Crippen LogP contribution in [0.2, 0.25) is 0 Å². The van der Waals surface area contributed by atoms with Gasteiger partial charge in [-0.3, -0.25) is 10.1 Å². The highest BCUT2D eigenvalue weighted by atomic mass is 79.9. The highest BCUT2D eigenvalue weighted by Crippen LogP contribution is 2.42. The second-order valence-electron chi connectivity index (χ2n) is 6.24. The maximum absolute atomic E-state index is 12.6. The van der Waals surface area contributed by atoms with Gasteiger partial charge >= 0.3 is 0 Å². The van der Waals surface area contributed by atoms with Crippen LogP contribution in [0.15, 0.2) is 27.9 Å². The molecule has 1 saturated heterocycles. The standard InChI is InChI=1S/C16H14Br4N6O/c17-8-9(18)11(20)13-12(10(8)19)23-16(24-13)25-15-21-6-7(22-15)14(27)26-4-2-1-3-5-26/h1-6H2,(H2,21,23,24,25). The van der Waals surface area contributed by atoms with E-state index in [2.05, 4.69) is 89.0 Å².